The van der Waals surface area contributed by atoms with Gasteiger partial charge in [0.05, 0.1) is 43.7 Å². The molecule has 3 rings (SSSR count). The van der Waals surface area contributed by atoms with Crippen molar-refractivity contribution in [3.63, 3.8) is 0 Å². The predicted molar refractivity (Wildman–Crippen MR) is 106 cm³/mol. The number of ketones is 1. The van der Waals surface area contributed by atoms with Crippen LogP contribution in [-0.4, -0.2) is 53.8 Å². The number of hydrogen-bond acceptors (Lipinski definition) is 5. The third kappa shape index (κ3) is 4.06. The van der Waals surface area contributed by atoms with E-state index in [0.717, 1.165) is 17.0 Å². The van der Waals surface area contributed by atoms with E-state index < -0.39 is 34.2 Å². The molecule has 1 aliphatic heterocycles. The lowest BCUT2D eigenvalue weighted by Crippen LogP contribution is -3.06. The molecule has 0 aliphatic carbocycles. The van der Waals surface area contributed by atoms with Gasteiger partial charge in [0.1, 0.15) is 11.6 Å². The van der Waals surface area contributed by atoms with Gasteiger partial charge in [-0.25, -0.2) is 4.39 Å². The van der Waals surface area contributed by atoms with E-state index in [-0.39, 0.29) is 23.4 Å². The fourth-order valence-electron chi connectivity index (χ4n) is 3.34. The van der Waals surface area contributed by atoms with Crippen molar-refractivity contribution in [3.05, 3.63) is 81.2 Å². The first kappa shape index (κ1) is 21.1. The number of likely N-dealkylation sites (tertiary alicyclic amines) is 1. The molecule has 1 heterocycles. The number of halogens is 1. The Kier molecular flexibility index (Phi) is 5.93. The van der Waals surface area contributed by atoms with Gasteiger partial charge in [0.25, 0.3) is 17.4 Å². The van der Waals surface area contributed by atoms with Crippen LogP contribution in [0.4, 0.5) is 10.1 Å². The number of quaternary nitrogens is 1. The second kappa shape index (κ2) is 8.42. The van der Waals surface area contributed by atoms with Crippen LogP contribution in [0, 0.1) is 15.9 Å². The third-order valence-electron chi connectivity index (χ3n) is 4.93. The number of likely N-dealkylation sites (N-methyl/N-ethyl adjacent to an activating group) is 1. The maximum absolute atomic E-state index is 13.3. The molecule has 2 N–H and O–H groups in total. The van der Waals surface area contributed by atoms with E-state index in [4.69, 9.17) is 0 Å². The van der Waals surface area contributed by atoms with Gasteiger partial charge in [-0.05, 0) is 42.0 Å². The summed E-state index contributed by atoms with van der Waals surface area (Å²) in [5.41, 5.74) is 0.387. The molecular weight excluding hydrogens is 393 g/mol. The topological polar surface area (TPSA) is 105 Å². The van der Waals surface area contributed by atoms with Gasteiger partial charge in [-0.15, -0.1) is 0 Å². The minimum atomic E-state index is -0.907. The summed E-state index contributed by atoms with van der Waals surface area (Å²) < 4.78 is 13.3. The summed E-state index contributed by atoms with van der Waals surface area (Å²) in [5, 5.41) is 21.8. The highest BCUT2D eigenvalue weighted by Crippen LogP contribution is 2.39. The summed E-state index contributed by atoms with van der Waals surface area (Å²) >= 11 is 0. The zero-order valence-electron chi connectivity index (χ0n) is 16.5. The Morgan fingerprint density at radius 3 is 2.27 bits per heavy atom. The quantitative estimate of drug-likeness (QED) is 0.244. The molecule has 9 heteroatoms. The molecular formula is C21H21FN3O5+. The van der Waals surface area contributed by atoms with Crippen molar-refractivity contribution in [2.24, 2.45) is 0 Å². The second-order valence-corrected chi connectivity index (χ2v) is 7.31. The van der Waals surface area contributed by atoms with Crippen molar-refractivity contribution in [1.82, 2.24) is 4.90 Å². The van der Waals surface area contributed by atoms with Crippen molar-refractivity contribution in [2.75, 3.05) is 27.2 Å². The molecule has 1 amide bonds. The van der Waals surface area contributed by atoms with E-state index in [1.54, 1.807) is 0 Å². The van der Waals surface area contributed by atoms with Gasteiger partial charge in [-0.2, -0.15) is 0 Å². The highest BCUT2D eigenvalue weighted by atomic mass is 19.1. The number of nitro groups is 1. The lowest BCUT2D eigenvalue weighted by atomic mass is 9.95. The first-order valence-corrected chi connectivity index (χ1v) is 9.28. The summed E-state index contributed by atoms with van der Waals surface area (Å²) in [6.07, 6.45) is 0. The monoisotopic (exact) mass is 414 g/mol. The fraction of sp³-hybridized carbons (Fsp3) is 0.238. The largest absolute Gasteiger partial charge is 0.507 e. The van der Waals surface area contributed by atoms with Gasteiger partial charge in [-0.1, -0.05) is 0 Å². The van der Waals surface area contributed by atoms with Crippen LogP contribution < -0.4 is 4.90 Å². The molecule has 8 nitrogen and oxygen atoms in total. The van der Waals surface area contributed by atoms with Crippen LogP contribution in [0.1, 0.15) is 17.2 Å². The number of nitro benzene ring substituents is 1. The number of carbonyl (C=O) groups excluding carboxylic acids is 2. The van der Waals surface area contributed by atoms with Crippen molar-refractivity contribution in [1.29, 1.82) is 0 Å². The Hall–Kier alpha value is -3.59. The zero-order valence-corrected chi connectivity index (χ0v) is 16.5. The molecule has 1 saturated heterocycles. The van der Waals surface area contributed by atoms with E-state index in [1.807, 2.05) is 14.1 Å². The van der Waals surface area contributed by atoms with Gasteiger partial charge >= 0.3 is 0 Å². The number of benzene rings is 2. The number of aliphatic hydroxyl groups is 1. The van der Waals surface area contributed by atoms with Crippen LogP contribution >= 0.6 is 0 Å². The predicted octanol–water partition coefficient (Wildman–Crippen LogP) is 1.30. The van der Waals surface area contributed by atoms with Crippen molar-refractivity contribution < 1.29 is 28.9 Å². The number of nitrogens with one attached hydrogen (secondary N) is 1. The van der Waals surface area contributed by atoms with E-state index in [2.05, 4.69) is 0 Å². The molecule has 0 bridgehead atoms. The minimum Gasteiger partial charge on any atom is -0.507 e. The molecule has 30 heavy (non-hydrogen) atoms. The average Bonchev–Trinajstić information content (AvgIpc) is 2.97. The van der Waals surface area contributed by atoms with Crippen LogP contribution in [0.2, 0.25) is 0 Å². The lowest BCUT2D eigenvalue weighted by Gasteiger charge is -2.25. The Morgan fingerprint density at radius 2 is 1.73 bits per heavy atom. The Balaban J connectivity index is 2.13. The smallest absolute Gasteiger partial charge is 0.295 e. The fourth-order valence-corrected chi connectivity index (χ4v) is 3.34. The van der Waals surface area contributed by atoms with Crippen LogP contribution in [0.5, 0.6) is 0 Å². The number of hydrogen-bond donors (Lipinski definition) is 2. The van der Waals surface area contributed by atoms with Crippen molar-refractivity contribution >= 4 is 23.1 Å². The molecule has 2 aromatic carbocycles. The number of carbonyl (C=O) groups is 2. The molecule has 156 valence electrons. The Morgan fingerprint density at radius 1 is 1.13 bits per heavy atom. The summed E-state index contributed by atoms with van der Waals surface area (Å²) in [7, 11) is 3.80. The Bertz CT molecular complexity index is 1020. The van der Waals surface area contributed by atoms with E-state index in [1.165, 1.54) is 41.3 Å². The molecule has 0 saturated carbocycles. The van der Waals surface area contributed by atoms with Crippen molar-refractivity contribution in [3.8, 4) is 0 Å². The maximum Gasteiger partial charge on any atom is 0.295 e. The van der Waals surface area contributed by atoms with E-state index in [0.29, 0.717) is 12.1 Å². The van der Waals surface area contributed by atoms with Gasteiger partial charge in [-0.3, -0.25) is 19.7 Å². The summed E-state index contributed by atoms with van der Waals surface area (Å²) in [5.74, 6) is -2.54. The summed E-state index contributed by atoms with van der Waals surface area (Å²) in [4.78, 5) is 38.4. The van der Waals surface area contributed by atoms with Gasteiger partial charge < -0.3 is 14.9 Å². The van der Waals surface area contributed by atoms with Gasteiger partial charge in [0.15, 0.2) is 0 Å². The molecule has 1 atom stereocenters. The molecule has 0 radical (unpaired) electrons. The van der Waals surface area contributed by atoms with Crippen LogP contribution in [0.3, 0.4) is 0 Å². The zero-order chi connectivity index (χ0) is 22.0. The maximum atomic E-state index is 13.3. The summed E-state index contributed by atoms with van der Waals surface area (Å²) in [6.45, 7) is 0.794. The Labute approximate surface area is 172 Å². The summed E-state index contributed by atoms with van der Waals surface area (Å²) in [6, 6.07) is 9.49. The molecule has 0 aromatic heterocycles. The molecule has 1 fully saturated rings. The number of rotatable bonds is 6. The molecule has 1 aliphatic rings. The number of Topliss-reactive ketones (excluding diaryl/α,β-unsaturated/α-hetero) is 1. The highest BCUT2D eigenvalue weighted by molar-refractivity contribution is 6.46. The normalized spacial score (nSPS) is 18.3. The lowest BCUT2D eigenvalue weighted by molar-refractivity contribution is -0.857. The van der Waals surface area contributed by atoms with Gasteiger partial charge in [0, 0.05) is 17.7 Å². The molecule has 0 unspecified atom stereocenters. The van der Waals surface area contributed by atoms with Crippen LogP contribution in [0.25, 0.3) is 5.76 Å². The standard InChI is InChI=1S/C21H20FN3O5/c1-23(2)11-12-24-18(13-5-9-16(10-6-13)25(29)30)17(20(27)21(24)28)19(26)14-3-7-15(22)8-4-14/h3-10,18,26H,11-12H2,1-2H3/p+1/t18-/m0/s1. The van der Waals surface area contributed by atoms with Gasteiger partial charge in [0.2, 0.25) is 0 Å². The average molecular weight is 414 g/mol. The number of aliphatic hydroxyl groups excluding tert-OH is 1. The number of non-ortho nitro benzene ring substituents is 1. The highest BCUT2D eigenvalue weighted by Gasteiger charge is 2.46. The first-order valence-electron chi connectivity index (χ1n) is 9.28. The molecule has 2 aromatic rings. The van der Waals surface area contributed by atoms with Crippen LogP contribution in [-0.2, 0) is 9.59 Å². The van der Waals surface area contributed by atoms with Crippen LogP contribution in [0.15, 0.2) is 54.1 Å². The third-order valence-corrected chi connectivity index (χ3v) is 4.93. The minimum absolute atomic E-state index is 0.130. The van der Waals surface area contributed by atoms with E-state index >= 15 is 0 Å². The second-order valence-electron chi connectivity index (χ2n) is 7.31. The van der Waals surface area contributed by atoms with Crippen molar-refractivity contribution in [2.45, 2.75) is 6.04 Å². The SMILES string of the molecule is C[NH+](C)CCN1C(=O)C(=O)C(=C(O)c2ccc(F)cc2)[C@@H]1c1ccc([N+](=O)[O-])cc1. The number of amides is 1. The molecule has 0 spiro atoms. The number of nitrogens with zero attached hydrogens (tertiary/aromatic N) is 2. The first-order chi connectivity index (χ1) is 14.2. The van der Waals surface area contributed by atoms with E-state index in [9.17, 15) is 29.2 Å².